The molecule has 84 valence electrons. The van der Waals surface area contributed by atoms with Gasteiger partial charge < -0.3 is 9.47 Å². The Hall–Kier alpha value is -1.77. The van der Waals surface area contributed by atoms with Crippen molar-refractivity contribution >= 4 is 5.97 Å². The molecule has 0 bridgehead atoms. The molecule has 0 radical (unpaired) electrons. The first-order valence-corrected chi connectivity index (χ1v) is 5.34. The van der Waals surface area contributed by atoms with Crippen molar-refractivity contribution in [1.29, 1.82) is 0 Å². The summed E-state index contributed by atoms with van der Waals surface area (Å²) in [6, 6.07) is 8.99. The van der Waals surface area contributed by atoms with Crippen molar-refractivity contribution in [2.45, 2.75) is 25.6 Å². The third-order valence-corrected chi connectivity index (χ3v) is 2.55. The first-order valence-electron chi connectivity index (χ1n) is 5.34. The summed E-state index contributed by atoms with van der Waals surface area (Å²) in [6.07, 6.45) is 3.94. The van der Waals surface area contributed by atoms with Crippen LogP contribution in [0, 0.1) is 0 Å². The van der Waals surface area contributed by atoms with Gasteiger partial charge in [-0.05, 0) is 25.1 Å². The molecule has 0 N–H and O–H groups in total. The van der Waals surface area contributed by atoms with Gasteiger partial charge in [0.05, 0.1) is 11.8 Å². The molecule has 3 nitrogen and oxygen atoms in total. The lowest BCUT2D eigenvalue weighted by Gasteiger charge is -2.25. The maximum atomic E-state index is 11.8. The smallest absolute Gasteiger partial charge is 0.338 e. The summed E-state index contributed by atoms with van der Waals surface area (Å²) in [5.41, 5.74) is 0.573. The van der Waals surface area contributed by atoms with E-state index in [1.54, 1.807) is 18.4 Å². The highest BCUT2D eigenvalue weighted by Gasteiger charge is 2.24. The Morgan fingerprint density at radius 1 is 1.38 bits per heavy atom. The second kappa shape index (κ2) is 4.84. The van der Waals surface area contributed by atoms with Crippen molar-refractivity contribution in [2.75, 3.05) is 0 Å². The molecular formula is C13H14O3. The molecule has 0 fully saturated rings. The largest absolute Gasteiger partial charge is 0.495 e. The van der Waals surface area contributed by atoms with Gasteiger partial charge in [0.1, 0.15) is 12.2 Å². The van der Waals surface area contributed by atoms with Crippen molar-refractivity contribution < 1.29 is 14.3 Å². The summed E-state index contributed by atoms with van der Waals surface area (Å²) >= 11 is 0. The van der Waals surface area contributed by atoms with Gasteiger partial charge in [0, 0.05) is 6.42 Å². The van der Waals surface area contributed by atoms with Crippen LogP contribution in [0.15, 0.2) is 42.7 Å². The minimum Gasteiger partial charge on any atom is -0.495 e. The quantitative estimate of drug-likeness (QED) is 0.715. The minimum absolute atomic E-state index is 0.0855. The number of carbonyl (C=O) groups excluding carboxylic acids is 1. The van der Waals surface area contributed by atoms with E-state index in [9.17, 15) is 4.79 Å². The Labute approximate surface area is 94.7 Å². The third kappa shape index (κ3) is 2.42. The summed E-state index contributed by atoms with van der Waals surface area (Å²) in [6.45, 7) is 1.90. The van der Waals surface area contributed by atoms with Crippen LogP contribution in [-0.4, -0.2) is 18.2 Å². The molecule has 2 rings (SSSR count). The van der Waals surface area contributed by atoms with Gasteiger partial charge in [-0.25, -0.2) is 4.79 Å². The molecule has 0 amide bonds. The highest BCUT2D eigenvalue weighted by Crippen LogP contribution is 2.16. The molecule has 2 atom stereocenters. The second-order valence-electron chi connectivity index (χ2n) is 3.76. The summed E-state index contributed by atoms with van der Waals surface area (Å²) in [4.78, 5) is 11.8. The van der Waals surface area contributed by atoms with E-state index >= 15 is 0 Å². The molecule has 1 aromatic rings. The van der Waals surface area contributed by atoms with E-state index in [0.29, 0.717) is 12.0 Å². The van der Waals surface area contributed by atoms with Gasteiger partial charge >= 0.3 is 5.97 Å². The third-order valence-electron chi connectivity index (χ3n) is 2.55. The number of benzene rings is 1. The number of rotatable bonds is 2. The van der Waals surface area contributed by atoms with E-state index in [-0.39, 0.29) is 18.2 Å². The highest BCUT2D eigenvalue weighted by atomic mass is 16.6. The summed E-state index contributed by atoms with van der Waals surface area (Å²) in [5.74, 6) is -0.295. The molecule has 16 heavy (non-hydrogen) atoms. The highest BCUT2D eigenvalue weighted by molar-refractivity contribution is 5.89. The zero-order chi connectivity index (χ0) is 11.4. The van der Waals surface area contributed by atoms with Crippen LogP contribution in [0.2, 0.25) is 0 Å². The molecule has 1 heterocycles. The van der Waals surface area contributed by atoms with E-state index in [1.807, 2.05) is 31.2 Å². The van der Waals surface area contributed by atoms with Gasteiger partial charge in [-0.3, -0.25) is 0 Å². The summed E-state index contributed by atoms with van der Waals surface area (Å²) in [7, 11) is 0. The molecule has 0 aliphatic carbocycles. The van der Waals surface area contributed by atoms with Crippen molar-refractivity contribution in [2.24, 2.45) is 0 Å². The van der Waals surface area contributed by atoms with Gasteiger partial charge in [0.25, 0.3) is 0 Å². The lowest BCUT2D eigenvalue weighted by Crippen LogP contribution is -2.31. The second-order valence-corrected chi connectivity index (χ2v) is 3.76. The molecule has 0 saturated heterocycles. The van der Waals surface area contributed by atoms with Crippen LogP contribution in [0.4, 0.5) is 0 Å². The summed E-state index contributed by atoms with van der Waals surface area (Å²) < 4.78 is 10.6. The Morgan fingerprint density at radius 2 is 2.12 bits per heavy atom. The zero-order valence-corrected chi connectivity index (χ0v) is 9.13. The molecule has 0 unspecified atom stereocenters. The standard InChI is InChI=1S/C13H14O3/c1-10-12(8-5-9-15-10)16-13(14)11-6-3-2-4-7-11/h2-7,9-10,12H,8H2,1H3/t10-,12-/m0/s1. The van der Waals surface area contributed by atoms with Crippen molar-refractivity contribution in [1.82, 2.24) is 0 Å². The van der Waals surface area contributed by atoms with E-state index < -0.39 is 0 Å². The normalized spacial score (nSPS) is 23.6. The molecule has 1 aliphatic rings. The van der Waals surface area contributed by atoms with Gasteiger partial charge in [-0.2, -0.15) is 0 Å². The molecule has 0 aromatic heterocycles. The number of hydrogen-bond donors (Lipinski definition) is 0. The van der Waals surface area contributed by atoms with Crippen LogP contribution < -0.4 is 0 Å². The lowest BCUT2D eigenvalue weighted by atomic mass is 10.1. The molecule has 3 heteroatoms. The Balaban J connectivity index is 2.00. The Morgan fingerprint density at radius 3 is 2.81 bits per heavy atom. The molecule has 0 spiro atoms. The first-order chi connectivity index (χ1) is 7.77. The Bertz CT molecular complexity index is 383. The van der Waals surface area contributed by atoms with Gasteiger partial charge in [-0.1, -0.05) is 18.2 Å². The van der Waals surface area contributed by atoms with Crippen molar-refractivity contribution in [3.63, 3.8) is 0 Å². The fourth-order valence-corrected chi connectivity index (χ4v) is 1.57. The summed E-state index contributed by atoms with van der Waals surface area (Å²) in [5, 5.41) is 0. The van der Waals surface area contributed by atoms with E-state index in [4.69, 9.17) is 9.47 Å². The monoisotopic (exact) mass is 218 g/mol. The maximum Gasteiger partial charge on any atom is 0.338 e. The van der Waals surface area contributed by atoms with Crippen LogP contribution >= 0.6 is 0 Å². The van der Waals surface area contributed by atoms with E-state index in [2.05, 4.69) is 0 Å². The topological polar surface area (TPSA) is 35.5 Å². The lowest BCUT2D eigenvalue weighted by molar-refractivity contribution is -0.0230. The van der Waals surface area contributed by atoms with Crippen LogP contribution in [0.5, 0.6) is 0 Å². The average Bonchev–Trinajstić information content (AvgIpc) is 2.33. The van der Waals surface area contributed by atoms with Crippen LogP contribution in [0.25, 0.3) is 0 Å². The fourth-order valence-electron chi connectivity index (χ4n) is 1.57. The van der Waals surface area contributed by atoms with Gasteiger partial charge in [0.2, 0.25) is 0 Å². The van der Waals surface area contributed by atoms with E-state index in [1.165, 1.54) is 0 Å². The van der Waals surface area contributed by atoms with Gasteiger partial charge in [0.15, 0.2) is 0 Å². The molecule has 1 aromatic carbocycles. The molecule has 0 saturated carbocycles. The number of esters is 1. The average molecular weight is 218 g/mol. The predicted octanol–water partition coefficient (Wildman–Crippen LogP) is 2.53. The molecular weight excluding hydrogens is 204 g/mol. The predicted molar refractivity (Wildman–Crippen MR) is 59.9 cm³/mol. The number of ether oxygens (including phenoxy) is 2. The van der Waals surface area contributed by atoms with Crippen LogP contribution in [0.1, 0.15) is 23.7 Å². The molecule has 1 aliphatic heterocycles. The maximum absolute atomic E-state index is 11.8. The Kier molecular flexibility index (Phi) is 3.25. The van der Waals surface area contributed by atoms with Crippen LogP contribution in [0.3, 0.4) is 0 Å². The van der Waals surface area contributed by atoms with Crippen molar-refractivity contribution in [3.05, 3.63) is 48.2 Å². The fraction of sp³-hybridized carbons (Fsp3) is 0.308. The number of carbonyl (C=O) groups is 1. The van der Waals surface area contributed by atoms with E-state index in [0.717, 1.165) is 0 Å². The first kappa shape index (κ1) is 10.7. The SMILES string of the molecule is C[C@@H]1OC=CC[C@@H]1OC(=O)c1ccccc1. The zero-order valence-electron chi connectivity index (χ0n) is 9.13. The van der Waals surface area contributed by atoms with Crippen LogP contribution in [-0.2, 0) is 9.47 Å². The van der Waals surface area contributed by atoms with Gasteiger partial charge in [-0.15, -0.1) is 0 Å². The van der Waals surface area contributed by atoms with Crippen molar-refractivity contribution in [3.8, 4) is 0 Å². The minimum atomic E-state index is -0.295. The number of hydrogen-bond acceptors (Lipinski definition) is 3.